The summed E-state index contributed by atoms with van der Waals surface area (Å²) >= 11 is 0. The monoisotopic (exact) mass is 269 g/mol. The van der Waals surface area contributed by atoms with E-state index in [2.05, 4.69) is 31.3 Å². The van der Waals surface area contributed by atoms with E-state index in [9.17, 15) is 8.42 Å². The number of sulfone groups is 1. The van der Waals surface area contributed by atoms with Crippen LogP contribution in [-0.4, -0.2) is 26.5 Å². The van der Waals surface area contributed by atoms with Crippen molar-refractivity contribution in [3.05, 3.63) is 35.4 Å². The van der Waals surface area contributed by atoms with E-state index in [0.717, 1.165) is 6.54 Å². The number of aryl methyl sites for hydroxylation is 1. The van der Waals surface area contributed by atoms with Crippen molar-refractivity contribution in [2.45, 2.75) is 33.2 Å². The first kappa shape index (κ1) is 15.2. The largest absolute Gasteiger partial charge is 0.310 e. The Morgan fingerprint density at radius 1 is 1.28 bits per heavy atom. The molecule has 0 radical (unpaired) electrons. The van der Waals surface area contributed by atoms with Gasteiger partial charge in [-0.25, -0.2) is 8.42 Å². The number of nitrogens with one attached hydrogen (secondary N) is 1. The van der Waals surface area contributed by atoms with E-state index >= 15 is 0 Å². The van der Waals surface area contributed by atoms with Crippen LogP contribution in [0.2, 0.25) is 0 Å². The number of hydrogen-bond acceptors (Lipinski definition) is 3. The summed E-state index contributed by atoms with van der Waals surface area (Å²) in [7, 11) is -2.83. The molecule has 18 heavy (non-hydrogen) atoms. The molecule has 0 saturated carbocycles. The summed E-state index contributed by atoms with van der Waals surface area (Å²) in [6.45, 7) is 6.62. The van der Waals surface area contributed by atoms with E-state index in [0.29, 0.717) is 6.42 Å². The van der Waals surface area contributed by atoms with Crippen LogP contribution in [0.25, 0.3) is 0 Å². The van der Waals surface area contributed by atoms with Gasteiger partial charge < -0.3 is 5.32 Å². The lowest BCUT2D eigenvalue weighted by molar-refractivity contribution is 0.559. The van der Waals surface area contributed by atoms with Gasteiger partial charge in [-0.15, -0.1) is 0 Å². The predicted molar refractivity (Wildman–Crippen MR) is 76.5 cm³/mol. The first-order chi connectivity index (χ1) is 8.46. The molecule has 1 N–H and O–H groups in total. The summed E-state index contributed by atoms with van der Waals surface area (Å²) in [6.07, 6.45) is 0.673. The highest BCUT2D eigenvalue weighted by Gasteiger charge is 2.09. The third kappa shape index (κ3) is 4.78. The SMILES string of the molecule is CCS(=O)(=O)CCCNC(C)c1ccccc1C. The first-order valence-electron chi connectivity index (χ1n) is 6.45. The van der Waals surface area contributed by atoms with Crippen LogP contribution in [-0.2, 0) is 9.84 Å². The minimum atomic E-state index is -2.83. The van der Waals surface area contributed by atoms with Gasteiger partial charge in [-0.1, -0.05) is 31.2 Å². The Kier molecular flexibility index (Phi) is 5.82. The summed E-state index contributed by atoms with van der Waals surface area (Å²) in [4.78, 5) is 0. The van der Waals surface area contributed by atoms with Gasteiger partial charge in [0.1, 0.15) is 9.84 Å². The van der Waals surface area contributed by atoms with Crippen LogP contribution in [0.3, 0.4) is 0 Å². The van der Waals surface area contributed by atoms with Gasteiger partial charge in [-0.3, -0.25) is 0 Å². The standard InChI is InChI=1S/C14H23NO2S/c1-4-18(16,17)11-7-10-15-13(3)14-9-6-5-8-12(14)2/h5-6,8-9,13,15H,4,7,10-11H2,1-3H3. The molecule has 0 heterocycles. The molecule has 0 fully saturated rings. The molecule has 0 aliphatic carbocycles. The van der Waals surface area contributed by atoms with Crippen LogP contribution in [0.1, 0.15) is 37.4 Å². The minimum Gasteiger partial charge on any atom is -0.310 e. The van der Waals surface area contributed by atoms with E-state index in [4.69, 9.17) is 0 Å². The molecule has 1 atom stereocenters. The maximum Gasteiger partial charge on any atom is 0.150 e. The van der Waals surface area contributed by atoms with Crippen molar-refractivity contribution in [3.8, 4) is 0 Å². The second kappa shape index (κ2) is 6.90. The fourth-order valence-electron chi connectivity index (χ4n) is 1.94. The molecule has 0 spiro atoms. The zero-order valence-corrected chi connectivity index (χ0v) is 12.3. The number of benzene rings is 1. The van der Waals surface area contributed by atoms with E-state index in [1.807, 2.05) is 12.1 Å². The Morgan fingerprint density at radius 2 is 1.94 bits per heavy atom. The lowest BCUT2D eigenvalue weighted by Crippen LogP contribution is -2.23. The van der Waals surface area contributed by atoms with Crippen LogP contribution in [0.5, 0.6) is 0 Å². The summed E-state index contributed by atoms with van der Waals surface area (Å²) in [5.41, 5.74) is 2.54. The summed E-state index contributed by atoms with van der Waals surface area (Å²) < 4.78 is 22.7. The highest BCUT2D eigenvalue weighted by molar-refractivity contribution is 7.91. The van der Waals surface area contributed by atoms with E-state index in [1.165, 1.54) is 11.1 Å². The molecule has 4 heteroatoms. The molecule has 1 rings (SSSR count). The summed E-state index contributed by atoms with van der Waals surface area (Å²) in [6, 6.07) is 8.52. The molecule has 0 amide bonds. The van der Waals surface area contributed by atoms with Gasteiger partial charge in [0.15, 0.2) is 0 Å². The average Bonchev–Trinajstić information content (AvgIpc) is 2.35. The minimum absolute atomic E-state index is 0.236. The molecule has 1 aromatic rings. The van der Waals surface area contributed by atoms with Crippen molar-refractivity contribution in [2.24, 2.45) is 0 Å². The van der Waals surface area contributed by atoms with Gasteiger partial charge in [0, 0.05) is 11.8 Å². The number of hydrogen-bond donors (Lipinski definition) is 1. The Morgan fingerprint density at radius 3 is 2.56 bits per heavy atom. The van der Waals surface area contributed by atoms with Crippen LogP contribution in [0, 0.1) is 6.92 Å². The van der Waals surface area contributed by atoms with E-state index < -0.39 is 9.84 Å². The fraction of sp³-hybridized carbons (Fsp3) is 0.571. The Labute approximate surface area is 111 Å². The molecule has 0 aliphatic rings. The van der Waals surface area contributed by atoms with Gasteiger partial charge in [-0.05, 0) is 37.9 Å². The van der Waals surface area contributed by atoms with Crippen LogP contribution in [0.4, 0.5) is 0 Å². The highest BCUT2D eigenvalue weighted by atomic mass is 32.2. The van der Waals surface area contributed by atoms with Gasteiger partial charge in [0.2, 0.25) is 0 Å². The van der Waals surface area contributed by atoms with Crippen molar-refractivity contribution in [2.75, 3.05) is 18.1 Å². The average molecular weight is 269 g/mol. The normalized spacial score (nSPS) is 13.5. The van der Waals surface area contributed by atoms with Crippen LogP contribution < -0.4 is 5.32 Å². The Balaban J connectivity index is 2.39. The highest BCUT2D eigenvalue weighted by Crippen LogP contribution is 2.16. The van der Waals surface area contributed by atoms with E-state index in [1.54, 1.807) is 6.92 Å². The van der Waals surface area contributed by atoms with Crippen molar-refractivity contribution in [3.63, 3.8) is 0 Å². The van der Waals surface area contributed by atoms with Crippen LogP contribution >= 0.6 is 0 Å². The maximum atomic E-state index is 11.3. The topological polar surface area (TPSA) is 46.2 Å². The van der Waals surface area contributed by atoms with Gasteiger partial charge in [-0.2, -0.15) is 0 Å². The van der Waals surface area contributed by atoms with Gasteiger partial charge in [0.05, 0.1) is 5.75 Å². The molecule has 1 unspecified atom stereocenters. The molecule has 3 nitrogen and oxygen atoms in total. The molecule has 0 bridgehead atoms. The van der Waals surface area contributed by atoms with Gasteiger partial charge in [0.25, 0.3) is 0 Å². The lowest BCUT2D eigenvalue weighted by atomic mass is 10.0. The smallest absolute Gasteiger partial charge is 0.150 e. The molecule has 1 aromatic carbocycles. The molecule has 102 valence electrons. The summed E-state index contributed by atoms with van der Waals surface area (Å²) in [5.74, 6) is 0.511. The zero-order valence-electron chi connectivity index (χ0n) is 11.4. The Hall–Kier alpha value is -0.870. The van der Waals surface area contributed by atoms with Crippen molar-refractivity contribution in [1.82, 2.24) is 5.32 Å². The molecular formula is C14H23NO2S. The van der Waals surface area contributed by atoms with Crippen molar-refractivity contribution in [1.29, 1.82) is 0 Å². The maximum absolute atomic E-state index is 11.3. The second-order valence-corrected chi connectivity index (χ2v) is 7.10. The lowest BCUT2D eigenvalue weighted by Gasteiger charge is -2.16. The van der Waals surface area contributed by atoms with Crippen molar-refractivity contribution >= 4 is 9.84 Å². The third-order valence-corrected chi connectivity index (χ3v) is 4.97. The van der Waals surface area contributed by atoms with Crippen molar-refractivity contribution < 1.29 is 8.42 Å². The quantitative estimate of drug-likeness (QED) is 0.774. The van der Waals surface area contributed by atoms with E-state index in [-0.39, 0.29) is 17.5 Å². The molecular weight excluding hydrogens is 246 g/mol. The second-order valence-electron chi connectivity index (χ2n) is 4.62. The first-order valence-corrected chi connectivity index (χ1v) is 8.27. The third-order valence-electron chi connectivity index (χ3n) is 3.18. The zero-order chi connectivity index (χ0) is 13.6. The summed E-state index contributed by atoms with van der Waals surface area (Å²) in [5, 5.41) is 3.37. The number of rotatable bonds is 7. The molecule has 0 aromatic heterocycles. The predicted octanol–water partition coefficient (Wildman–Crippen LogP) is 2.47. The van der Waals surface area contributed by atoms with Crippen LogP contribution in [0.15, 0.2) is 24.3 Å². The Bertz CT molecular complexity index is 468. The fourth-order valence-corrected chi connectivity index (χ4v) is 2.81. The van der Waals surface area contributed by atoms with Gasteiger partial charge >= 0.3 is 0 Å². The molecule has 0 aliphatic heterocycles. The molecule has 0 saturated heterocycles.